The van der Waals surface area contributed by atoms with Crippen LogP contribution in [0.3, 0.4) is 0 Å². The fourth-order valence-electron chi connectivity index (χ4n) is 2.76. The van der Waals surface area contributed by atoms with E-state index in [4.69, 9.17) is 11.6 Å². The molecule has 2 N–H and O–H groups in total. The van der Waals surface area contributed by atoms with Crippen LogP contribution in [-0.4, -0.2) is 32.4 Å². The molecular formula is C18H20ClN3O3S. The van der Waals surface area contributed by atoms with Crippen LogP contribution < -0.4 is 10.0 Å². The van der Waals surface area contributed by atoms with E-state index in [-0.39, 0.29) is 10.9 Å². The molecule has 0 radical (unpaired) electrons. The van der Waals surface area contributed by atoms with Crippen LogP contribution in [0.4, 0.5) is 16.2 Å². The second kappa shape index (κ2) is 7.97. The van der Waals surface area contributed by atoms with Crippen molar-refractivity contribution in [1.29, 1.82) is 0 Å². The van der Waals surface area contributed by atoms with Crippen LogP contribution in [0.1, 0.15) is 19.3 Å². The minimum absolute atomic E-state index is 0.0911. The van der Waals surface area contributed by atoms with E-state index >= 15 is 0 Å². The molecule has 0 aromatic heterocycles. The summed E-state index contributed by atoms with van der Waals surface area (Å²) in [5.74, 6) is 0. The number of para-hydroxylation sites is 1. The fourth-order valence-corrected chi connectivity index (χ4v) is 4.08. The van der Waals surface area contributed by atoms with Gasteiger partial charge in [-0.25, -0.2) is 13.2 Å². The Hall–Kier alpha value is -2.25. The number of nitrogens with zero attached hydrogens (tertiary/aromatic N) is 1. The number of anilines is 2. The summed E-state index contributed by atoms with van der Waals surface area (Å²) in [6, 6.07) is 12.5. The van der Waals surface area contributed by atoms with Crippen molar-refractivity contribution in [3.63, 3.8) is 0 Å². The Bertz CT molecular complexity index is 879. The van der Waals surface area contributed by atoms with Gasteiger partial charge in [0.1, 0.15) is 0 Å². The first-order valence-electron chi connectivity index (χ1n) is 8.39. The lowest BCUT2D eigenvalue weighted by molar-refractivity contribution is 0.200. The van der Waals surface area contributed by atoms with Crippen LogP contribution in [0, 0.1) is 0 Å². The van der Waals surface area contributed by atoms with Gasteiger partial charge < -0.3 is 10.2 Å². The minimum atomic E-state index is -3.76. The number of halogens is 1. The Balaban J connectivity index is 1.68. The highest BCUT2D eigenvalue weighted by Gasteiger charge is 2.18. The van der Waals surface area contributed by atoms with Crippen LogP contribution >= 0.6 is 11.6 Å². The lowest BCUT2D eigenvalue weighted by Crippen LogP contribution is -2.38. The number of benzene rings is 2. The van der Waals surface area contributed by atoms with Gasteiger partial charge in [-0.1, -0.05) is 23.7 Å². The normalized spacial score (nSPS) is 14.7. The fraction of sp³-hybridized carbons (Fsp3) is 0.278. The first-order valence-corrected chi connectivity index (χ1v) is 10.3. The number of hydrogen-bond donors (Lipinski definition) is 2. The summed E-state index contributed by atoms with van der Waals surface area (Å²) in [4.78, 5) is 14.1. The number of carbonyl (C=O) groups excluding carboxylic acids is 1. The van der Waals surface area contributed by atoms with Crippen LogP contribution in [0.5, 0.6) is 0 Å². The Morgan fingerprint density at radius 1 is 0.962 bits per heavy atom. The van der Waals surface area contributed by atoms with Gasteiger partial charge in [0.15, 0.2) is 0 Å². The summed E-state index contributed by atoms with van der Waals surface area (Å²) < 4.78 is 27.4. The van der Waals surface area contributed by atoms with E-state index in [1.807, 2.05) is 0 Å². The summed E-state index contributed by atoms with van der Waals surface area (Å²) in [7, 11) is -3.76. The van der Waals surface area contributed by atoms with Crippen LogP contribution in [-0.2, 0) is 10.0 Å². The molecule has 8 heteroatoms. The predicted octanol–water partition coefficient (Wildman–Crippen LogP) is 4.16. The maximum atomic E-state index is 12.5. The lowest BCUT2D eigenvalue weighted by Gasteiger charge is -2.26. The number of likely N-dealkylation sites (tertiary alicyclic amines) is 1. The number of amides is 2. The third-order valence-electron chi connectivity index (χ3n) is 4.18. The van der Waals surface area contributed by atoms with Crippen LogP contribution in [0.15, 0.2) is 53.4 Å². The van der Waals surface area contributed by atoms with Crippen molar-refractivity contribution in [2.75, 3.05) is 23.1 Å². The van der Waals surface area contributed by atoms with E-state index in [2.05, 4.69) is 10.0 Å². The van der Waals surface area contributed by atoms with Crippen molar-refractivity contribution in [3.05, 3.63) is 53.6 Å². The third kappa shape index (κ3) is 4.47. The second-order valence-electron chi connectivity index (χ2n) is 6.09. The molecule has 0 aliphatic carbocycles. The van der Waals surface area contributed by atoms with Crippen molar-refractivity contribution in [1.82, 2.24) is 4.90 Å². The van der Waals surface area contributed by atoms with E-state index in [0.29, 0.717) is 16.4 Å². The SMILES string of the molecule is O=C(Nc1ccc(S(=O)(=O)Nc2ccccc2Cl)cc1)N1CCCCC1. The second-order valence-corrected chi connectivity index (χ2v) is 8.18. The largest absolute Gasteiger partial charge is 0.325 e. The standard InChI is InChI=1S/C18H20ClN3O3S/c19-16-6-2-3-7-17(16)21-26(24,25)15-10-8-14(9-11-15)20-18(23)22-12-4-1-5-13-22/h2-3,6-11,21H,1,4-5,12-13H2,(H,20,23). The summed E-state index contributed by atoms with van der Waals surface area (Å²) in [6.07, 6.45) is 3.17. The average Bonchev–Trinajstić information content (AvgIpc) is 2.65. The predicted molar refractivity (Wildman–Crippen MR) is 103 cm³/mol. The number of nitrogens with one attached hydrogen (secondary N) is 2. The van der Waals surface area contributed by atoms with E-state index in [9.17, 15) is 13.2 Å². The van der Waals surface area contributed by atoms with E-state index in [0.717, 1.165) is 32.4 Å². The molecule has 1 aliphatic heterocycles. The number of hydrogen-bond acceptors (Lipinski definition) is 3. The summed E-state index contributed by atoms with van der Waals surface area (Å²) in [6.45, 7) is 1.50. The van der Waals surface area contributed by atoms with Crippen LogP contribution in [0.25, 0.3) is 0 Å². The van der Waals surface area contributed by atoms with Gasteiger partial charge in [0.05, 0.1) is 15.6 Å². The number of piperidine rings is 1. The molecule has 1 heterocycles. The average molecular weight is 394 g/mol. The van der Waals surface area contributed by atoms with Crippen molar-refractivity contribution in [2.24, 2.45) is 0 Å². The molecule has 3 rings (SSSR count). The first kappa shape index (κ1) is 18.5. The van der Waals surface area contributed by atoms with Gasteiger partial charge in [0.25, 0.3) is 10.0 Å². The van der Waals surface area contributed by atoms with Crippen molar-refractivity contribution in [3.8, 4) is 0 Å². The molecular weight excluding hydrogens is 374 g/mol. The first-order chi connectivity index (χ1) is 12.5. The van der Waals surface area contributed by atoms with Gasteiger partial charge in [-0.3, -0.25) is 4.72 Å². The van der Waals surface area contributed by atoms with Crippen molar-refractivity contribution in [2.45, 2.75) is 24.2 Å². The van der Waals surface area contributed by atoms with Gasteiger partial charge in [-0.2, -0.15) is 0 Å². The molecule has 0 unspecified atom stereocenters. The highest BCUT2D eigenvalue weighted by molar-refractivity contribution is 7.92. The Labute approximate surface area is 158 Å². The minimum Gasteiger partial charge on any atom is -0.325 e. The van der Waals surface area contributed by atoms with Crippen molar-refractivity contribution >= 4 is 39.0 Å². The van der Waals surface area contributed by atoms with Gasteiger partial charge >= 0.3 is 6.03 Å². The molecule has 138 valence electrons. The van der Waals surface area contributed by atoms with Gasteiger partial charge in [-0.15, -0.1) is 0 Å². The number of carbonyl (C=O) groups is 1. The zero-order chi connectivity index (χ0) is 18.6. The topological polar surface area (TPSA) is 78.5 Å². The third-order valence-corrected chi connectivity index (χ3v) is 5.89. The maximum absolute atomic E-state index is 12.5. The molecule has 6 nitrogen and oxygen atoms in total. The Kier molecular flexibility index (Phi) is 5.68. The molecule has 2 aromatic rings. The van der Waals surface area contributed by atoms with E-state index < -0.39 is 10.0 Å². The Morgan fingerprint density at radius 3 is 2.27 bits per heavy atom. The van der Waals surface area contributed by atoms with Gasteiger partial charge in [0, 0.05) is 18.8 Å². The summed E-state index contributed by atoms with van der Waals surface area (Å²) in [5, 5.41) is 3.12. The molecule has 0 bridgehead atoms. The highest BCUT2D eigenvalue weighted by Crippen LogP contribution is 2.24. The van der Waals surface area contributed by atoms with Crippen LogP contribution in [0.2, 0.25) is 5.02 Å². The lowest BCUT2D eigenvalue weighted by atomic mass is 10.1. The molecule has 1 saturated heterocycles. The maximum Gasteiger partial charge on any atom is 0.321 e. The van der Waals surface area contributed by atoms with Crippen molar-refractivity contribution < 1.29 is 13.2 Å². The Morgan fingerprint density at radius 2 is 1.62 bits per heavy atom. The molecule has 1 fully saturated rings. The summed E-state index contributed by atoms with van der Waals surface area (Å²) >= 11 is 5.99. The molecule has 26 heavy (non-hydrogen) atoms. The number of rotatable bonds is 4. The monoisotopic (exact) mass is 393 g/mol. The molecule has 1 aliphatic rings. The molecule has 0 saturated carbocycles. The van der Waals surface area contributed by atoms with Gasteiger partial charge in [-0.05, 0) is 55.7 Å². The molecule has 0 atom stereocenters. The molecule has 2 aromatic carbocycles. The zero-order valence-corrected chi connectivity index (χ0v) is 15.7. The molecule has 0 spiro atoms. The number of urea groups is 1. The summed E-state index contributed by atoms with van der Waals surface area (Å²) in [5.41, 5.74) is 0.869. The zero-order valence-electron chi connectivity index (χ0n) is 14.1. The quantitative estimate of drug-likeness (QED) is 0.818. The van der Waals surface area contributed by atoms with E-state index in [1.165, 1.54) is 12.1 Å². The number of sulfonamides is 1. The molecule has 2 amide bonds. The van der Waals surface area contributed by atoms with E-state index in [1.54, 1.807) is 41.3 Å². The smallest absolute Gasteiger partial charge is 0.321 e. The highest BCUT2D eigenvalue weighted by atomic mass is 35.5. The van der Waals surface area contributed by atoms with Gasteiger partial charge in [0.2, 0.25) is 0 Å².